The molecule has 2 aliphatic rings. The zero-order valence-electron chi connectivity index (χ0n) is 15.8. The van der Waals surface area contributed by atoms with Gasteiger partial charge in [0, 0.05) is 42.8 Å². The van der Waals surface area contributed by atoms with E-state index in [0.717, 1.165) is 38.2 Å². The number of carbonyl (C=O) groups excluding carboxylic acids is 1. The van der Waals surface area contributed by atoms with Crippen LogP contribution < -0.4 is 15.8 Å². The number of hydrogen-bond acceptors (Lipinski definition) is 4. The second kappa shape index (κ2) is 8.35. The summed E-state index contributed by atoms with van der Waals surface area (Å²) >= 11 is 5.97. The Hall–Kier alpha value is -2.34. The minimum absolute atomic E-state index is 0.00732. The molecule has 148 valence electrons. The summed E-state index contributed by atoms with van der Waals surface area (Å²) in [7, 11) is 0. The predicted octanol–water partition coefficient (Wildman–Crippen LogP) is 3.55. The number of carbonyl (C=O) groups is 1. The van der Waals surface area contributed by atoms with E-state index in [0.29, 0.717) is 23.0 Å². The zero-order chi connectivity index (χ0) is 19.5. The van der Waals surface area contributed by atoms with Crippen molar-refractivity contribution < 1.29 is 4.79 Å². The van der Waals surface area contributed by atoms with E-state index in [1.165, 1.54) is 12.8 Å². The zero-order valence-corrected chi connectivity index (χ0v) is 16.6. The summed E-state index contributed by atoms with van der Waals surface area (Å²) in [5, 5.41) is 7.87. The molecule has 1 saturated heterocycles. The number of benzene rings is 1. The molecular weight excluding hydrogens is 376 g/mol. The Bertz CT molecular complexity index is 909. The Morgan fingerprint density at radius 3 is 2.82 bits per heavy atom. The van der Waals surface area contributed by atoms with Crippen molar-refractivity contribution in [3.8, 4) is 0 Å². The number of nitrogens with zero attached hydrogens (tertiary/aromatic N) is 3. The smallest absolute Gasteiger partial charge is 0.268 e. The Morgan fingerprint density at radius 1 is 1.21 bits per heavy atom. The first kappa shape index (κ1) is 19.0. The fourth-order valence-corrected chi connectivity index (χ4v) is 3.98. The molecule has 1 saturated carbocycles. The summed E-state index contributed by atoms with van der Waals surface area (Å²) in [6.07, 6.45) is 6.64. The lowest BCUT2D eigenvalue weighted by molar-refractivity contribution is -0.117. The molecule has 2 heterocycles. The number of nitrogens with one attached hydrogen (secondary N) is 1. The van der Waals surface area contributed by atoms with Gasteiger partial charge in [-0.3, -0.25) is 9.59 Å². The van der Waals surface area contributed by atoms with Gasteiger partial charge in [-0.1, -0.05) is 17.7 Å². The van der Waals surface area contributed by atoms with Gasteiger partial charge in [-0.2, -0.15) is 5.10 Å². The molecule has 2 fully saturated rings. The summed E-state index contributed by atoms with van der Waals surface area (Å²) in [6, 6.07) is 8.86. The van der Waals surface area contributed by atoms with Crippen LogP contribution in [0.5, 0.6) is 0 Å². The molecule has 1 N–H and O–H groups in total. The third-order valence-electron chi connectivity index (χ3n) is 5.45. The Labute approximate surface area is 169 Å². The van der Waals surface area contributed by atoms with Crippen molar-refractivity contribution in [3.05, 3.63) is 51.9 Å². The van der Waals surface area contributed by atoms with Gasteiger partial charge in [0.15, 0.2) is 0 Å². The van der Waals surface area contributed by atoms with E-state index in [4.69, 9.17) is 11.6 Å². The predicted molar refractivity (Wildman–Crippen MR) is 111 cm³/mol. The Morgan fingerprint density at radius 2 is 2.07 bits per heavy atom. The molecule has 1 aromatic heterocycles. The molecule has 1 aliphatic heterocycles. The van der Waals surface area contributed by atoms with Crippen molar-refractivity contribution in [2.24, 2.45) is 11.8 Å². The van der Waals surface area contributed by atoms with Gasteiger partial charge >= 0.3 is 0 Å². The second-order valence-electron chi connectivity index (χ2n) is 7.89. The van der Waals surface area contributed by atoms with Crippen molar-refractivity contribution in [1.29, 1.82) is 0 Å². The molecule has 1 amide bonds. The molecule has 0 bridgehead atoms. The van der Waals surface area contributed by atoms with Gasteiger partial charge in [-0.15, -0.1) is 0 Å². The van der Waals surface area contributed by atoms with Crippen LogP contribution in [-0.4, -0.2) is 28.8 Å². The summed E-state index contributed by atoms with van der Waals surface area (Å²) in [5.74, 6) is 0.863. The van der Waals surface area contributed by atoms with Crippen LogP contribution >= 0.6 is 11.6 Å². The molecule has 0 radical (unpaired) electrons. The van der Waals surface area contributed by atoms with Crippen molar-refractivity contribution in [3.63, 3.8) is 0 Å². The topological polar surface area (TPSA) is 67.2 Å². The molecular formula is C21H25ClN4O2. The molecule has 1 unspecified atom stereocenters. The maximum Gasteiger partial charge on any atom is 0.268 e. The van der Waals surface area contributed by atoms with Crippen LogP contribution in [0.15, 0.2) is 41.3 Å². The monoisotopic (exact) mass is 400 g/mol. The highest BCUT2D eigenvalue weighted by atomic mass is 35.5. The quantitative estimate of drug-likeness (QED) is 0.805. The number of hydrogen-bond donors (Lipinski definition) is 1. The molecule has 0 spiro atoms. The highest BCUT2D eigenvalue weighted by Crippen LogP contribution is 2.30. The normalized spacial score (nSPS) is 19.5. The fraction of sp³-hybridized carbons (Fsp3) is 0.476. The van der Waals surface area contributed by atoms with E-state index in [9.17, 15) is 9.59 Å². The Kier molecular flexibility index (Phi) is 5.67. The fourth-order valence-electron chi connectivity index (χ4n) is 3.79. The first-order valence-corrected chi connectivity index (χ1v) is 10.3. The van der Waals surface area contributed by atoms with Crippen LogP contribution in [0.2, 0.25) is 5.02 Å². The van der Waals surface area contributed by atoms with Crippen LogP contribution in [0.3, 0.4) is 0 Å². The molecule has 6 nitrogen and oxygen atoms in total. The summed E-state index contributed by atoms with van der Waals surface area (Å²) in [4.78, 5) is 26.9. The standard InChI is InChI=1S/C21H25ClN4O2/c22-17-4-1-5-18(10-17)24-20(27)9-16-3-2-8-25(13-16)19-11-21(28)26(23-12-19)14-15-6-7-15/h1,4-5,10-12,15-16H,2-3,6-9,13-14H2,(H,24,27). The molecule has 1 aromatic carbocycles. The number of halogens is 1. The van der Waals surface area contributed by atoms with Gasteiger partial charge in [-0.05, 0) is 55.7 Å². The minimum atomic E-state index is -0.0368. The minimum Gasteiger partial charge on any atom is -0.370 e. The lowest BCUT2D eigenvalue weighted by Gasteiger charge is -2.34. The number of rotatable bonds is 6. The maximum atomic E-state index is 12.4. The first-order chi connectivity index (χ1) is 13.6. The first-order valence-electron chi connectivity index (χ1n) is 9.94. The SMILES string of the molecule is O=C(CC1CCCN(c2cnn(CC3CC3)c(=O)c2)C1)Nc1cccc(Cl)c1. The number of amides is 1. The van der Waals surface area contributed by atoms with Crippen molar-refractivity contribution in [2.75, 3.05) is 23.3 Å². The highest BCUT2D eigenvalue weighted by Gasteiger charge is 2.25. The maximum absolute atomic E-state index is 12.4. The van der Waals surface area contributed by atoms with Gasteiger partial charge in [0.2, 0.25) is 5.91 Å². The average Bonchev–Trinajstić information content (AvgIpc) is 3.48. The van der Waals surface area contributed by atoms with Gasteiger partial charge in [0.1, 0.15) is 0 Å². The Balaban J connectivity index is 1.35. The van der Waals surface area contributed by atoms with E-state index in [2.05, 4.69) is 15.3 Å². The number of aromatic nitrogens is 2. The van der Waals surface area contributed by atoms with Gasteiger partial charge in [0.05, 0.1) is 11.9 Å². The molecule has 2 aromatic rings. The largest absolute Gasteiger partial charge is 0.370 e. The van der Waals surface area contributed by atoms with E-state index >= 15 is 0 Å². The second-order valence-corrected chi connectivity index (χ2v) is 8.33. The molecule has 7 heteroatoms. The van der Waals surface area contributed by atoms with E-state index < -0.39 is 0 Å². The van der Waals surface area contributed by atoms with Crippen LogP contribution in [0.4, 0.5) is 11.4 Å². The molecule has 1 aliphatic carbocycles. The van der Waals surface area contributed by atoms with E-state index in [1.54, 1.807) is 29.1 Å². The van der Waals surface area contributed by atoms with Crippen LogP contribution in [0, 0.1) is 11.8 Å². The molecule has 4 rings (SSSR count). The third kappa shape index (κ3) is 4.93. The van der Waals surface area contributed by atoms with Crippen molar-refractivity contribution in [1.82, 2.24) is 9.78 Å². The number of anilines is 2. The van der Waals surface area contributed by atoms with E-state index in [-0.39, 0.29) is 17.4 Å². The molecule has 1 atom stereocenters. The van der Waals surface area contributed by atoms with Gasteiger partial charge in [-0.25, -0.2) is 4.68 Å². The highest BCUT2D eigenvalue weighted by molar-refractivity contribution is 6.30. The lowest BCUT2D eigenvalue weighted by Crippen LogP contribution is -2.38. The van der Waals surface area contributed by atoms with Crippen LogP contribution in [0.25, 0.3) is 0 Å². The lowest BCUT2D eigenvalue weighted by atomic mass is 9.94. The van der Waals surface area contributed by atoms with Crippen molar-refractivity contribution in [2.45, 2.75) is 38.6 Å². The van der Waals surface area contributed by atoms with E-state index in [1.807, 2.05) is 12.1 Å². The average molecular weight is 401 g/mol. The van der Waals surface area contributed by atoms with Gasteiger partial charge in [0.25, 0.3) is 5.56 Å². The van der Waals surface area contributed by atoms with Gasteiger partial charge < -0.3 is 10.2 Å². The van der Waals surface area contributed by atoms with Crippen LogP contribution in [-0.2, 0) is 11.3 Å². The van der Waals surface area contributed by atoms with Crippen LogP contribution in [0.1, 0.15) is 32.1 Å². The number of piperidine rings is 1. The summed E-state index contributed by atoms with van der Waals surface area (Å²) < 4.78 is 1.57. The third-order valence-corrected chi connectivity index (χ3v) is 5.68. The van der Waals surface area contributed by atoms with Crippen molar-refractivity contribution >= 4 is 28.9 Å². The summed E-state index contributed by atoms with van der Waals surface area (Å²) in [5.41, 5.74) is 1.54. The summed E-state index contributed by atoms with van der Waals surface area (Å²) in [6.45, 7) is 2.38. The molecule has 28 heavy (non-hydrogen) atoms.